The third-order valence-corrected chi connectivity index (χ3v) is 5.07. The lowest BCUT2D eigenvalue weighted by Gasteiger charge is -2.28. The fourth-order valence-corrected chi connectivity index (χ4v) is 4.43. The van der Waals surface area contributed by atoms with Gasteiger partial charge < -0.3 is 4.84 Å². The topological polar surface area (TPSA) is 86.5 Å². The Balaban J connectivity index is 1.80. The molecule has 0 saturated heterocycles. The van der Waals surface area contributed by atoms with E-state index in [4.69, 9.17) is 4.84 Å². The molecule has 0 unspecified atom stereocenters. The van der Waals surface area contributed by atoms with Gasteiger partial charge in [-0.1, -0.05) is 0 Å². The van der Waals surface area contributed by atoms with Gasteiger partial charge in [0.15, 0.2) is 0 Å². The van der Waals surface area contributed by atoms with Gasteiger partial charge in [-0.05, 0) is 43.4 Å². The molecule has 0 spiro atoms. The maximum atomic E-state index is 12.0. The Morgan fingerprint density at radius 3 is 2.47 bits per heavy atom. The largest absolute Gasteiger partial charge is 0.310 e. The van der Waals surface area contributed by atoms with Gasteiger partial charge in [-0.25, -0.2) is 0 Å². The van der Waals surface area contributed by atoms with Crippen LogP contribution in [-0.2, 0) is 14.4 Å². The Bertz CT molecular complexity index is 419. The zero-order valence-electron chi connectivity index (χ0n) is 10.6. The summed E-state index contributed by atoms with van der Waals surface area (Å²) in [6.45, 7) is 0. The van der Waals surface area contributed by atoms with Crippen LogP contribution in [0.25, 0.3) is 0 Å². The average Bonchev–Trinajstić information content (AvgIpc) is 2.85. The van der Waals surface area contributed by atoms with Crippen LogP contribution in [0.1, 0.15) is 38.5 Å². The summed E-state index contributed by atoms with van der Waals surface area (Å²) in [5, 5.41) is 9.75. The molecule has 3 fully saturated rings. The second-order valence-electron chi connectivity index (χ2n) is 5.95. The van der Waals surface area contributed by atoms with Crippen LogP contribution in [0.2, 0.25) is 0 Å². The van der Waals surface area contributed by atoms with E-state index in [0.717, 1.165) is 12.8 Å². The van der Waals surface area contributed by atoms with Crippen molar-refractivity contribution in [1.82, 2.24) is 0 Å². The number of hydrogen-bond acceptors (Lipinski definition) is 5. The van der Waals surface area contributed by atoms with Gasteiger partial charge in [0, 0.05) is 12.8 Å². The molecule has 0 aromatic rings. The highest BCUT2D eigenvalue weighted by Crippen LogP contribution is 2.54. The lowest BCUT2D eigenvalue weighted by molar-refractivity contribution is -0.770. The van der Waals surface area contributed by atoms with Gasteiger partial charge in [0.1, 0.15) is 17.7 Å². The maximum absolute atomic E-state index is 12.0. The van der Waals surface area contributed by atoms with E-state index in [2.05, 4.69) is 0 Å². The van der Waals surface area contributed by atoms with Crippen LogP contribution in [-0.4, -0.2) is 22.8 Å². The minimum absolute atomic E-state index is 0.00593. The molecule has 6 heteroatoms. The van der Waals surface area contributed by atoms with Crippen molar-refractivity contribution < 1.29 is 19.5 Å². The third kappa shape index (κ3) is 2.03. The van der Waals surface area contributed by atoms with Crippen LogP contribution in [0.5, 0.6) is 0 Å². The number of hydrogen-bond donors (Lipinski definition) is 0. The molecule has 0 amide bonds. The van der Waals surface area contributed by atoms with E-state index in [9.17, 15) is 19.7 Å². The predicted molar refractivity (Wildman–Crippen MR) is 63.5 cm³/mol. The second kappa shape index (κ2) is 4.58. The molecule has 3 aliphatic carbocycles. The smallest absolute Gasteiger partial charge is 0.294 e. The highest BCUT2D eigenvalue weighted by Gasteiger charge is 2.55. The monoisotopic (exact) mass is 267 g/mol. The van der Waals surface area contributed by atoms with Crippen LogP contribution in [0, 0.1) is 33.8 Å². The summed E-state index contributed by atoms with van der Waals surface area (Å²) in [4.78, 5) is 39.3. The number of fused-ring (bicyclic) bond motifs is 2. The predicted octanol–water partition coefficient (Wildman–Crippen LogP) is 1.55. The maximum Gasteiger partial charge on any atom is 0.294 e. The highest BCUT2D eigenvalue weighted by atomic mass is 17.0. The van der Waals surface area contributed by atoms with E-state index in [1.54, 1.807) is 0 Å². The second-order valence-corrected chi connectivity index (χ2v) is 5.95. The third-order valence-electron chi connectivity index (χ3n) is 5.07. The van der Waals surface area contributed by atoms with Gasteiger partial charge in [-0.3, -0.25) is 9.59 Å². The van der Waals surface area contributed by atoms with Gasteiger partial charge in [0.2, 0.25) is 0 Å². The number of nitrogens with zero attached hydrogens (tertiary/aromatic N) is 1. The summed E-state index contributed by atoms with van der Waals surface area (Å²) >= 11 is 0. The fourth-order valence-electron chi connectivity index (χ4n) is 4.43. The Labute approximate surface area is 110 Å². The minimum atomic E-state index is -0.743. The van der Waals surface area contributed by atoms with E-state index in [1.807, 2.05) is 0 Å². The normalized spacial score (nSPS) is 38.7. The molecule has 104 valence electrons. The SMILES string of the molecule is O=C1CCCC(=O)C1[C@@H]1[C@@H]2CC[C@H]1[C@H](O[N+](=O)[O-])C2. The van der Waals surface area contributed by atoms with E-state index in [-0.39, 0.29) is 29.3 Å². The lowest BCUT2D eigenvalue weighted by atomic mass is 9.73. The standard InChI is InChI=1S/C13H17NO5/c15-9-2-1-3-10(16)13(9)12-7-4-5-8(12)11(6-7)19-14(17)18/h7-8,11-13H,1-6H2/t7-,8+,11-,12-/m1/s1. The van der Waals surface area contributed by atoms with Crippen LogP contribution in [0.4, 0.5) is 0 Å². The van der Waals surface area contributed by atoms with E-state index in [1.165, 1.54) is 0 Å². The Kier molecular flexibility index (Phi) is 3.03. The van der Waals surface area contributed by atoms with Crippen LogP contribution in [0.3, 0.4) is 0 Å². The van der Waals surface area contributed by atoms with Gasteiger partial charge in [0.25, 0.3) is 5.09 Å². The van der Waals surface area contributed by atoms with E-state index < -0.39 is 17.1 Å². The van der Waals surface area contributed by atoms with Crippen molar-refractivity contribution in [2.24, 2.45) is 23.7 Å². The Morgan fingerprint density at radius 1 is 1.16 bits per heavy atom. The van der Waals surface area contributed by atoms with Crippen molar-refractivity contribution in [2.75, 3.05) is 0 Å². The molecule has 0 radical (unpaired) electrons. The Morgan fingerprint density at radius 2 is 1.84 bits per heavy atom. The van der Waals surface area contributed by atoms with Crippen molar-refractivity contribution >= 4 is 11.6 Å². The number of carbonyl (C=O) groups is 2. The zero-order valence-corrected chi connectivity index (χ0v) is 10.6. The molecule has 0 aromatic heterocycles. The number of carbonyl (C=O) groups excluding carboxylic acids is 2. The molecule has 3 rings (SSSR count). The lowest BCUT2D eigenvalue weighted by Crippen LogP contribution is -2.38. The summed E-state index contributed by atoms with van der Waals surface area (Å²) < 4.78 is 0. The van der Waals surface area contributed by atoms with Gasteiger partial charge in [0.05, 0.1) is 5.92 Å². The molecular formula is C13H17NO5. The minimum Gasteiger partial charge on any atom is -0.310 e. The van der Waals surface area contributed by atoms with Crippen LogP contribution in [0.15, 0.2) is 0 Å². The molecule has 4 atom stereocenters. The molecule has 0 N–H and O–H groups in total. The molecule has 3 aliphatic rings. The summed E-state index contributed by atoms with van der Waals surface area (Å²) in [5.74, 6) is -0.186. The zero-order chi connectivity index (χ0) is 13.6. The highest BCUT2D eigenvalue weighted by molar-refractivity contribution is 6.04. The van der Waals surface area contributed by atoms with E-state index in [0.29, 0.717) is 25.7 Å². The molecule has 19 heavy (non-hydrogen) atoms. The van der Waals surface area contributed by atoms with Crippen LogP contribution < -0.4 is 0 Å². The van der Waals surface area contributed by atoms with Crippen LogP contribution >= 0.6 is 0 Å². The molecule has 0 aliphatic heterocycles. The van der Waals surface area contributed by atoms with Crippen molar-refractivity contribution in [3.8, 4) is 0 Å². The van der Waals surface area contributed by atoms with Crippen molar-refractivity contribution in [3.63, 3.8) is 0 Å². The van der Waals surface area contributed by atoms with Gasteiger partial charge in [-0.2, -0.15) is 0 Å². The van der Waals surface area contributed by atoms with Crippen molar-refractivity contribution in [3.05, 3.63) is 10.1 Å². The molecule has 3 saturated carbocycles. The first-order valence-electron chi connectivity index (χ1n) is 6.94. The molecule has 2 bridgehead atoms. The Hall–Kier alpha value is -1.46. The first kappa shape index (κ1) is 12.6. The number of Topliss-reactive ketones (excluding diaryl/α,β-unsaturated/α-hetero) is 2. The van der Waals surface area contributed by atoms with Crippen molar-refractivity contribution in [1.29, 1.82) is 0 Å². The quantitative estimate of drug-likeness (QED) is 0.440. The summed E-state index contributed by atoms with van der Waals surface area (Å²) in [6.07, 6.45) is 3.62. The number of rotatable bonds is 3. The molecule has 0 aromatic carbocycles. The first-order valence-corrected chi connectivity index (χ1v) is 6.94. The molecule has 6 nitrogen and oxygen atoms in total. The fraction of sp³-hybridized carbons (Fsp3) is 0.846. The average molecular weight is 267 g/mol. The summed E-state index contributed by atoms with van der Waals surface area (Å²) in [7, 11) is 0. The first-order chi connectivity index (χ1) is 9.08. The van der Waals surface area contributed by atoms with Gasteiger partial charge in [-0.15, -0.1) is 10.1 Å². The van der Waals surface area contributed by atoms with Crippen molar-refractivity contribution in [2.45, 2.75) is 44.6 Å². The summed E-state index contributed by atoms with van der Waals surface area (Å²) in [5.41, 5.74) is 0. The summed E-state index contributed by atoms with van der Waals surface area (Å²) in [6, 6.07) is 0. The van der Waals surface area contributed by atoms with Gasteiger partial charge >= 0.3 is 0 Å². The molecule has 0 heterocycles. The molecular weight excluding hydrogens is 250 g/mol. The number of ketones is 2. The van der Waals surface area contributed by atoms with E-state index >= 15 is 0 Å².